The second-order valence-electron chi connectivity index (χ2n) is 5.41. The molecule has 0 saturated carbocycles. The van der Waals surface area contributed by atoms with Crippen LogP contribution >= 0.6 is 11.3 Å². The topological polar surface area (TPSA) is 22.1 Å². The molecule has 0 bridgehead atoms. The second-order valence-corrected chi connectivity index (χ2v) is 6.65. The van der Waals surface area contributed by atoms with Crippen LogP contribution in [0.15, 0.2) is 24.4 Å². The predicted octanol–water partition coefficient (Wildman–Crippen LogP) is 4.42. The first-order valence-electron chi connectivity index (χ1n) is 6.04. The predicted molar refractivity (Wildman–Crippen MR) is 77.5 cm³/mol. The highest BCUT2D eigenvalue weighted by molar-refractivity contribution is 7.15. The van der Waals surface area contributed by atoms with Crippen molar-refractivity contribution in [3.05, 3.63) is 34.8 Å². The molecule has 0 unspecified atom stereocenters. The van der Waals surface area contributed by atoms with Gasteiger partial charge in [-0.1, -0.05) is 32.9 Å². The maximum atomic E-state index is 5.63. The summed E-state index contributed by atoms with van der Waals surface area (Å²) in [5.41, 5.74) is 2.37. The number of rotatable bonds is 2. The first-order chi connectivity index (χ1) is 8.43. The summed E-state index contributed by atoms with van der Waals surface area (Å²) in [6.45, 7) is 8.66. The third-order valence-corrected chi connectivity index (χ3v) is 3.82. The van der Waals surface area contributed by atoms with Crippen LogP contribution in [0.3, 0.4) is 0 Å². The number of aryl methyl sites for hydroxylation is 1. The highest BCUT2D eigenvalue weighted by Gasteiger charge is 2.22. The molecule has 1 heterocycles. The molecule has 0 fully saturated rings. The summed E-state index contributed by atoms with van der Waals surface area (Å²) < 4.78 is 5.63. The maximum absolute atomic E-state index is 5.63. The molecule has 0 aliphatic rings. The van der Waals surface area contributed by atoms with Gasteiger partial charge in [0.1, 0.15) is 10.8 Å². The zero-order valence-electron chi connectivity index (χ0n) is 11.6. The summed E-state index contributed by atoms with van der Waals surface area (Å²) in [6, 6.07) is 6.28. The molecule has 2 rings (SSSR count). The Morgan fingerprint density at radius 2 is 1.94 bits per heavy atom. The van der Waals surface area contributed by atoms with E-state index in [2.05, 4.69) is 50.9 Å². The van der Waals surface area contributed by atoms with E-state index in [1.165, 1.54) is 10.4 Å². The molecule has 1 aromatic heterocycles. The molecule has 96 valence electrons. The van der Waals surface area contributed by atoms with Gasteiger partial charge in [-0.2, -0.15) is 0 Å². The summed E-state index contributed by atoms with van der Waals surface area (Å²) in [6.07, 6.45) is 1.91. The van der Waals surface area contributed by atoms with E-state index < -0.39 is 0 Å². The van der Waals surface area contributed by atoms with Gasteiger partial charge in [0.2, 0.25) is 0 Å². The highest BCUT2D eigenvalue weighted by atomic mass is 32.1. The van der Waals surface area contributed by atoms with Crippen LogP contribution in [0.5, 0.6) is 5.75 Å². The molecule has 0 aliphatic heterocycles. The molecule has 18 heavy (non-hydrogen) atoms. The van der Waals surface area contributed by atoms with Gasteiger partial charge in [-0.05, 0) is 18.4 Å². The van der Waals surface area contributed by atoms with Gasteiger partial charge in [-0.3, -0.25) is 0 Å². The molecule has 2 nitrogen and oxygen atoms in total. The number of ether oxygens (including phenoxy) is 1. The van der Waals surface area contributed by atoms with E-state index in [0.29, 0.717) is 0 Å². The first kappa shape index (κ1) is 13.1. The Morgan fingerprint density at radius 3 is 2.44 bits per heavy atom. The number of benzene rings is 1. The second kappa shape index (κ2) is 4.73. The zero-order chi connectivity index (χ0) is 13.3. The molecule has 0 atom stereocenters. The van der Waals surface area contributed by atoms with E-state index in [9.17, 15) is 0 Å². The van der Waals surface area contributed by atoms with Crippen LogP contribution in [0.1, 0.15) is 31.2 Å². The minimum absolute atomic E-state index is 0.0632. The summed E-state index contributed by atoms with van der Waals surface area (Å²) in [4.78, 5) is 5.67. The summed E-state index contributed by atoms with van der Waals surface area (Å²) in [5, 5.41) is 1.02. The average Bonchev–Trinajstić information content (AvgIpc) is 2.73. The molecule has 0 radical (unpaired) electrons. The van der Waals surface area contributed by atoms with E-state index in [1.807, 2.05) is 6.20 Å². The molecule has 0 spiro atoms. The summed E-state index contributed by atoms with van der Waals surface area (Å²) in [7, 11) is 1.73. The molecule has 0 aliphatic carbocycles. The van der Waals surface area contributed by atoms with Crippen molar-refractivity contribution in [2.75, 3.05) is 7.11 Å². The lowest BCUT2D eigenvalue weighted by Gasteiger charge is -2.23. The van der Waals surface area contributed by atoms with Crippen molar-refractivity contribution in [3.8, 4) is 16.3 Å². The van der Waals surface area contributed by atoms with Crippen molar-refractivity contribution >= 4 is 11.3 Å². The fourth-order valence-corrected chi connectivity index (χ4v) is 2.78. The van der Waals surface area contributed by atoms with Crippen molar-refractivity contribution in [1.82, 2.24) is 4.98 Å². The van der Waals surface area contributed by atoms with Gasteiger partial charge < -0.3 is 4.74 Å². The quantitative estimate of drug-likeness (QED) is 0.798. The molecular formula is C15H19NOS. The third-order valence-electron chi connectivity index (χ3n) is 2.88. The van der Waals surface area contributed by atoms with Gasteiger partial charge in [0.25, 0.3) is 0 Å². The number of hydrogen-bond donors (Lipinski definition) is 0. The van der Waals surface area contributed by atoms with Crippen LogP contribution in [-0.2, 0) is 5.41 Å². The van der Waals surface area contributed by atoms with Crippen LogP contribution in [0.4, 0.5) is 0 Å². The highest BCUT2D eigenvalue weighted by Crippen LogP contribution is 2.40. The van der Waals surface area contributed by atoms with Crippen molar-refractivity contribution in [2.45, 2.75) is 33.1 Å². The lowest BCUT2D eigenvalue weighted by atomic mass is 9.85. The minimum atomic E-state index is 0.0632. The number of para-hydroxylation sites is 1. The average molecular weight is 261 g/mol. The van der Waals surface area contributed by atoms with E-state index in [4.69, 9.17) is 4.74 Å². The van der Waals surface area contributed by atoms with E-state index >= 15 is 0 Å². The third kappa shape index (κ3) is 2.41. The van der Waals surface area contributed by atoms with E-state index in [-0.39, 0.29) is 5.41 Å². The Labute approximate surface area is 113 Å². The van der Waals surface area contributed by atoms with Crippen LogP contribution in [0.25, 0.3) is 10.6 Å². The number of methoxy groups -OCH3 is 1. The van der Waals surface area contributed by atoms with Crippen molar-refractivity contribution in [1.29, 1.82) is 0 Å². The van der Waals surface area contributed by atoms with Crippen LogP contribution in [-0.4, -0.2) is 12.1 Å². The van der Waals surface area contributed by atoms with E-state index in [0.717, 1.165) is 16.3 Å². The Morgan fingerprint density at radius 1 is 1.22 bits per heavy atom. The largest absolute Gasteiger partial charge is 0.496 e. The van der Waals surface area contributed by atoms with Gasteiger partial charge in [-0.25, -0.2) is 4.98 Å². The summed E-state index contributed by atoms with van der Waals surface area (Å²) in [5.74, 6) is 0.944. The standard InChI is InChI=1S/C15H19NOS/c1-10-9-16-14(18-10)11-7-6-8-12(13(11)17-5)15(2,3)4/h6-9H,1-5H3. The van der Waals surface area contributed by atoms with Gasteiger partial charge in [0.05, 0.1) is 12.7 Å². The van der Waals surface area contributed by atoms with Crippen molar-refractivity contribution < 1.29 is 4.74 Å². The maximum Gasteiger partial charge on any atom is 0.132 e. The molecule has 1 aromatic carbocycles. The van der Waals surface area contributed by atoms with Crippen molar-refractivity contribution in [3.63, 3.8) is 0 Å². The number of thiazole rings is 1. The number of nitrogens with zero attached hydrogens (tertiary/aromatic N) is 1. The molecular weight excluding hydrogens is 242 g/mol. The smallest absolute Gasteiger partial charge is 0.132 e. The van der Waals surface area contributed by atoms with Crippen molar-refractivity contribution in [2.24, 2.45) is 0 Å². The molecule has 0 N–H and O–H groups in total. The molecule has 3 heteroatoms. The number of aromatic nitrogens is 1. The minimum Gasteiger partial charge on any atom is -0.496 e. The van der Waals surface area contributed by atoms with Crippen LogP contribution < -0.4 is 4.74 Å². The molecule has 0 saturated heterocycles. The van der Waals surface area contributed by atoms with Gasteiger partial charge in [0, 0.05) is 16.6 Å². The Bertz CT molecular complexity index is 552. The summed E-state index contributed by atoms with van der Waals surface area (Å²) >= 11 is 1.70. The number of hydrogen-bond acceptors (Lipinski definition) is 3. The Balaban J connectivity index is 2.62. The lowest BCUT2D eigenvalue weighted by molar-refractivity contribution is 0.399. The van der Waals surface area contributed by atoms with Gasteiger partial charge in [0.15, 0.2) is 0 Å². The van der Waals surface area contributed by atoms with Gasteiger partial charge in [-0.15, -0.1) is 11.3 Å². The zero-order valence-corrected chi connectivity index (χ0v) is 12.4. The van der Waals surface area contributed by atoms with Gasteiger partial charge >= 0.3 is 0 Å². The SMILES string of the molecule is COc1c(-c2ncc(C)s2)cccc1C(C)(C)C. The fourth-order valence-electron chi connectivity index (χ4n) is 2.00. The lowest BCUT2D eigenvalue weighted by Crippen LogP contribution is -2.13. The monoisotopic (exact) mass is 261 g/mol. The van der Waals surface area contributed by atoms with E-state index in [1.54, 1.807) is 18.4 Å². The van der Waals surface area contributed by atoms with Crippen LogP contribution in [0, 0.1) is 6.92 Å². The molecule has 0 amide bonds. The molecule has 2 aromatic rings. The fraction of sp³-hybridized carbons (Fsp3) is 0.400. The van der Waals surface area contributed by atoms with Crippen LogP contribution in [0.2, 0.25) is 0 Å². The normalized spacial score (nSPS) is 11.6. The first-order valence-corrected chi connectivity index (χ1v) is 6.85. The Kier molecular flexibility index (Phi) is 3.44. The Hall–Kier alpha value is -1.35.